The lowest BCUT2D eigenvalue weighted by atomic mass is 9.84. The van der Waals surface area contributed by atoms with Gasteiger partial charge >= 0.3 is 0 Å². The van der Waals surface area contributed by atoms with E-state index in [1.165, 1.54) is 38.5 Å². The maximum atomic E-state index is 5.53. The normalized spacial score (nSPS) is 24.1. The zero-order valence-corrected chi connectivity index (χ0v) is 13.8. The molecule has 1 heterocycles. The molecule has 3 heteroatoms. The van der Waals surface area contributed by atoms with Gasteiger partial charge in [-0.2, -0.15) is 0 Å². The van der Waals surface area contributed by atoms with Gasteiger partial charge in [-0.3, -0.25) is 4.90 Å². The monoisotopic (exact) mass is 282 g/mol. The molecule has 0 radical (unpaired) electrons. The van der Waals surface area contributed by atoms with Gasteiger partial charge in [0.05, 0.1) is 13.2 Å². The number of ether oxygens (including phenoxy) is 1. The Kier molecular flexibility index (Phi) is 6.31. The Morgan fingerprint density at radius 3 is 2.45 bits per heavy atom. The highest BCUT2D eigenvalue weighted by atomic mass is 16.5. The number of hydrogen-bond donors (Lipinski definition) is 1. The van der Waals surface area contributed by atoms with Gasteiger partial charge in [0, 0.05) is 24.7 Å². The number of nitrogens with one attached hydrogen (secondary N) is 1. The fraction of sp³-hybridized carbons (Fsp3) is 1.00. The molecule has 0 bridgehead atoms. The van der Waals surface area contributed by atoms with Gasteiger partial charge in [-0.25, -0.2) is 0 Å². The van der Waals surface area contributed by atoms with Gasteiger partial charge in [-0.05, 0) is 39.2 Å². The first-order valence-corrected chi connectivity index (χ1v) is 8.70. The Balaban J connectivity index is 1.97. The van der Waals surface area contributed by atoms with Crippen molar-refractivity contribution >= 4 is 0 Å². The van der Waals surface area contributed by atoms with Crippen LogP contribution in [0.15, 0.2) is 0 Å². The van der Waals surface area contributed by atoms with Crippen molar-refractivity contribution in [2.24, 2.45) is 5.92 Å². The molecule has 1 unspecified atom stereocenters. The van der Waals surface area contributed by atoms with Gasteiger partial charge in [0.2, 0.25) is 0 Å². The van der Waals surface area contributed by atoms with E-state index in [1.807, 2.05) is 0 Å². The Morgan fingerprint density at radius 2 is 1.85 bits per heavy atom. The van der Waals surface area contributed by atoms with E-state index in [-0.39, 0.29) is 5.54 Å². The van der Waals surface area contributed by atoms with Gasteiger partial charge in [-0.15, -0.1) is 0 Å². The van der Waals surface area contributed by atoms with Crippen LogP contribution in [0, 0.1) is 5.92 Å². The number of morpholine rings is 1. The van der Waals surface area contributed by atoms with Crippen LogP contribution in [-0.4, -0.2) is 49.3 Å². The third-order valence-electron chi connectivity index (χ3n) is 5.36. The van der Waals surface area contributed by atoms with E-state index in [4.69, 9.17) is 4.74 Å². The van der Waals surface area contributed by atoms with Crippen molar-refractivity contribution in [2.45, 2.75) is 70.9 Å². The lowest BCUT2D eigenvalue weighted by Crippen LogP contribution is -2.60. The minimum Gasteiger partial charge on any atom is -0.379 e. The van der Waals surface area contributed by atoms with E-state index in [0.717, 1.165) is 38.8 Å². The standard InChI is InChI=1S/C17H34N2O/c1-4-9-18-16(14-15-7-5-6-8-15)17(2,3)19-10-12-20-13-11-19/h15-16,18H,4-14H2,1-3H3. The van der Waals surface area contributed by atoms with Crippen molar-refractivity contribution in [3.05, 3.63) is 0 Å². The lowest BCUT2D eigenvalue weighted by Gasteiger charge is -2.47. The van der Waals surface area contributed by atoms with Crippen LogP contribution in [0.5, 0.6) is 0 Å². The smallest absolute Gasteiger partial charge is 0.0594 e. The van der Waals surface area contributed by atoms with Crippen LogP contribution in [-0.2, 0) is 4.74 Å². The van der Waals surface area contributed by atoms with Crippen LogP contribution in [0.4, 0.5) is 0 Å². The van der Waals surface area contributed by atoms with Crippen LogP contribution in [0.25, 0.3) is 0 Å². The second-order valence-electron chi connectivity index (χ2n) is 7.15. The topological polar surface area (TPSA) is 24.5 Å². The maximum absolute atomic E-state index is 5.53. The average Bonchev–Trinajstić information content (AvgIpc) is 2.97. The second kappa shape index (κ2) is 7.77. The summed E-state index contributed by atoms with van der Waals surface area (Å²) in [5.74, 6) is 0.949. The van der Waals surface area contributed by atoms with Gasteiger partial charge in [0.1, 0.15) is 0 Å². The summed E-state index contributed by atoms with van der Waals surface area (Å²) in [5, 5.41) is 3.85. The van der Waals surface area contributed by atoms with Gasteiger partial charge in [0.15, 0.2) is 0 Å². The van der Waals surface area contributed by atoms with Crippen molar-refractivity contribution in [3.8, 4) is 0 Å². The number of rotatable bonds is 7. The summed E-state index contributed by atoms with van der Waals surface area (Å²) in [5.41, 5.74) is 0.238. The highest BCUT2D eigenvalue weighted by Gasteiger charge is 2.37. The molecule has 118 valence electrons. The minimum atomic E-state index is 0.238. The van der Waals surface area contributed by atoms with Crippen LogP contribution in [0.2, 0.25) is 0 Å². The zero-order chi connectivity index (χ0) is 14.4. The molecule has 1 N–H and O–H groups in total. The molecule has 3 nitrogen and oxygen atoms in total. The zero-order valence-electron chi connectivity index (χ0n) is 13.8. The van der Waals surface area contributed by atoms with E-state index in [9.17, 15) is 0 Å². The molecule has 0 aromatic rings. The Labute approximate surface area is 125 Å². The quantitative estimate of drug-likeness (QED) is 0.777. The summed E-state index contributed by atoms with van der Waals surface area (Å²) in [6, 6.07) is 0.614. The summed E-state index contributed by atoms with van der Waals surface area (Å²) in [7, 11) is 0. The molecule has 1 atom stereocenters. The second-order valence-corrected chi connectivity index (χ2v) is 7.15. The molecule has 0 amide bonds. The summed E-state index contributed by atoms with van der Waals surface area (Å²) in [4.78, 5) is 2.64. The average molecular weight is 282 g/mol. The van der Waals surface area contributed by atoms with Crippen molar-refractivity contribution < 1.29 is 4.74 Å². The SMILES string of the molecule is CCCNC(CC1CCCC1)C(C)(C)N1CCOCC1. The molecule has 1 aliphatic carbocycles. The van der Waals surface area contributed by atoms with Crippen molar-refractivity contribution in [1.82, 2.24) is 10.2 Å². The molecule has 0 aromatic heterocycles. The molecule has 1 aliphatic heterocycles. The molecule has 2 aliphatic rings. The molecule has 1 saturated carbocycles. The van der Waals surface area contributed by atoms with E-state index in [0.29, 0.717) is 6.04 Å². The first kappa shape index (κ1) is 16.3. The molecule has 0 aromatic carbocycles. The largest absolute Gasteiger partial charge is 0.379 e. The number of nitrogens with zero attached hydrogens (tertiary/aromatic N) is 1. The van der Waals surface area contributed by atoms with E-state index < -0.39 is 0 Å². The Bertz CT molecular complexity index is 268. The van der Waals surface area contributed by atoms with Crippen LogP contribution in [0.1, 0.15) is 59.3 Å². The third kappa shape index (κ3) is 4.19. The summed E-state index contributed by atoms with van der Waals surface area (Å²) in [6.07, 6.45) is 8.37. The lowest BCUT2D eigenvalue weighted by molar-refractivity contribution is -0.0262. The molecule has 20 heavy (non-hydrogen) atoms. The maximum Gasteiger partial charge on any atom is 0.0594 e. The van der Waals surface area contributed by atoms with Crippen molar-refractivity contribution in [3.63, 3.8) is 0 Å². The van der Waals surface area contributed by atoms with E-state index >= 15 is 0 Å². The molecular formula is C17H34N2O. The highest BCUT2D eigenvalue weighted by Crippen LogP contribution is 2.33. The first-order valence-electron chi connectivity index (χ1n) is 8.70. The predicted octanol–water partition coefficient (Wildman–Crippen LogP) is 3.05. The van der Waals surface area contributed by atoms with Gasteiger partial charge in [0.25, 0.3) is 0 Å². The molecule has 2 fully saturated rings. The summed E-state index contributed by atoms with van der Waals surface area (Å²) < 4.78 is 5.53. The van der Waals surface area contributed by atoms with Crippen molar-refractivity contribution in [1.29, 1.82) is 0 Å². The molecule has 1 saturated heterocycles. The van der Waals surface area contributed by atoms with E-state index in [1.54, 1.807) is 0 Å². The minimum absolute atomic E-state index is 0.238. The van der Waals surface area contributed by atoms with Crippen LogP contribution < -0.4 is 5.32 Å². The summed E-state index contributed by atoms with van der Waals surface area (Å²) in [6.45, 7) is 12.2. The van der Waals surface area contributed by atoms with Crippen molar-refractivity contribution in [2.75, 3.05) is 32.8 Å². The van der Waals surface area contributed by atoms with Crippen LogP contribution in [0.3, 0.4) is 0 Å². The fourth-order valence-electron chi connectivity index (χ4n) is 3.88. The Morgan fingerprint density at radius 1 is 1.20 bits per heavy atom. The van der Waals surface area contributed by atoms with E-state index in [2.05, 4.69) is 31.0 Å². The van der Waals surface area contributed by atoms with Gasteiger partial charge < -0.3 is 10.1 Å². The van der Waals surface area contributed by atoms with Crippen LogP contribution >= 0.6 is 0 Å². The first-order chi connectivity index (χ1) is 9.64. The number of hydrogen-bond acceptors (Lipinski definition) is 3. The molecular weight excluding hydrogens is 248 g/mol. The summed E-state index contributed by atoms with van der Waals surface area (Å²) >= 11 is 0. The fourth-order valence-corrected chi connectivity index (χ4v) is 3.88. The third-order valence-corrected chi connectivity index (χ3v) is 5.36. The molecule has 2 rings (SSSR count). The molecule has 0 spiro atoms. The predicted molar refractivity (Wildman–Crippen MR) is 85.1 cm³/mol. The highest BCUT2D eigenvalue weighted by molar-refractivity contribution is 4.95. The Hall–Kier alpha value is -0.120. The van der Waals surface area contributed by atoms with Gasteiger partial charge in [-0.1, -0.05) is 32.6 Å².